The summed E-state index contributed by atoms with van der Waals surface area (Å²) >= 11 is 0. The van der Waals surface area contributed by atoms with Crippen molar-refractivity contribution in [3.8, 4) is 22.9 Å². The molecule has 0 unspecified atom stereocenters. The summed E-state index contributed by atoms with van der Waals surface area (Å²) in [4.78, 5) is 17.7. The summed E-state index contributed by atoms with van der Waals surface area (Å²) in [6.07, 6.45) is 3.06. The van der Waals surface area contributed by atoms with Gasteiger partial charge in [-0.2, -0.15) is 0 Å². The minimum Gasteiger partial charge on any atom is -0.466 e. The number of esters is 1. The Morgan fingerprint density at radius 2 is 1.84 bits per heavy atom. The lowest BCUT2D eigenvalue weighted by atomic mass is 10.0. The molecule has 0 aliphatic carbocycles. The number of fused-ring (bicyclic) bond motifs is 1. The molecule has 0 spiro atoms. The zero-order valence-electron chi connectivity index (χ0n) is 21.0. The van der Waals surface area contributed by atoms with E-state index in [0.717, 1.165) is 16.5 Å². The van der Waals surface area contributed by atoms with E-state index in [4.69, 9.17) is 9.47 Å². The second-order valence-corrected chi connectivity index (χ2v) is 8.92. The largest absolute Gasteiger partial charge is 0.466 e. The molecule has 0 aliphatic rings. The number of nitrogens with zero attached hydrogens (tertiary/aromatic N) is 2. The van der Waals surface area contributed by atoms with Crippen LogP contribution in [-0.2, 0) is 22.4 Å². The van der Waals surface area contributed by atoms with Gasteiger partial charge in [0, 0.05) is 41.6 Å². The van der Waals surface area contributed by atoms with Crippen molar-refractivity contribution in [2.24, 2.45) is 0 Å². The van der Waals surface area contributed by atoms with Gasteiger partial charge in [0.05, 0.1) is 12.2 Å². The molecule has 0 aliphatic heterocycles. The lowest BCUT2D eigenvalue weighted by Gasteiger charge is -2.12. The van der Waals surface area contributed by atoms with Crippen LogP contribution < -0.4 is 4.74 Å². The third-order valence-corrected chi connectivity index (χ3v) is 6.24. The van der Waals surface area contributed by atoms with Gasteiger partial charge in [0.2, 0.25) is 0 Å². The van der Waals surface area contributed by atoms with Gasteiger partial charge < -0.3 is 19.4 Å². The minimum atomic E-state index is -0.519. The van der Waals surface area contributed by atoms with E-state index in [1.54, 1.807) is 20.0 Å². The maximum Gasteiger partial charge on any atom is 0.306 e. The van der Waals surface area contributed by atoms with Crippen molar-refractivity contribution in [2.75, 3.05) is 6.61 Å². The zero-order chi connectivity index (χ0) is 26.6. The van der Waals surface area contributed by atoms with Crippen LogP contribution in [0.25, 0.3) is 22.3 Å². The van der Waals surface area contributed by atoms with Crippen molar-refractivity contribution < 1.29 is 23.0 Å². The predicted molar refractivity (Wildman–Crippen MR) is 139 cm³/mol. The van der Waals surface area contributed by atoms with Crippen LogP contribution in [0.2, 0.25) is 0 Å². The highest BCUT2D eigenvalue weighted by Gasteiger charge is 2.17. The molecule has 2 N–H and O–H groups in total. The predicted octanol–water partition coefficient (Wildman–Crippen LogP) is 6.42. The second-order valence-electron chi connectivity index (χ2n) is 8.92. The lowest BCUT2D eigenvalue weighted by molar-refractivity contribution is -0.143. The summed E-state index contributed by atoms with van der Waals surface area (Å²) in [6, 6.07) is 15.2. The van der Waals surface area contributed by atoms with Crippen molar-refractivity contribution in [2.45, 2.75) is 33.1 Å². The molecule has 0 atom stereocenters. The number of aromatic amines is 2. The molecule has 0 saturated carbocycles. The number of aromatic nitrogens is 4. The Labute approximate surface area is 217 Å². The molecular formula is C29H26F2N4O3. The average molecular weight is 517 g/mol. The second kappa shape index (κ2) is 10.8. The van der Waals surface area contributed by atoms with Gasteiger partial charge in [-0.1, -0.05) is 24.3 Å². The van der Waals surface area contributed by atoms with E-state index in [1.807, 2.05) is 30.3 Å². The van der Waals surface area contributed by atoms with Crippen LogP contribution >= 0.6 is 0 Å². The van der Waals surface area contributed by atoms with Crippen molar-refractivity contribution in [1.82, 2.24) is 20.2 Å². The van der Waals surface area contributed by atoms with Gasteiger partial charge in [0.1, 0.15) is 17.4 Å². The van der Waals surface area contributed by atoms with Crippen molar-refractivity contribution >= 4 is 16.9 Å². The third-order valence-electron chi connectivity index (χ3n) is 6.24. The highest BCUT2D eigenvalue weighted by molar-refractivity contribution is 5.85. The Hall–Kier alpha value is -4.53. The first-order valence-corrected chi connectivity index (χ1v) is 12.3. The number of H-pyrrole nitrogens is 2. The number of nitrogens with one attached hydrogen (secondary N) is 2. The highest BCUT2D eigenvalue weighted by atomic mass is 19.1. The van der Waals surface area contributed by atoms with E-state index >= 15 is 0 Å². The number of hydrogen-bond acceptors (Lipinski definition) is 5. The number of benzene rings is 3. The maximum absolute atomic E-state index is 14.8. The molecule has 2 heterocycles. The fourth-order valence-electron chi connectivity index (χ4n) is 4.38. The summed E-state index contributed by atoms with van der Waals surface area (Å²) < 4.78 is 40.3. The number of carbonyl (C=O) groups is 1. The van der Waals surface area contributed by atoms with Gasteiger partial charge in [-0.15, -0.1) is 10.2 Å². The summed E-state index contributed by atoms with van der Waals surface area (Å²) in [6.45, 7) is 3.92. The van der Waals surface area contributed by atoms with Crippen molar-refractivity contribution in [3.05, 3.63) is 94.9 Å². The van der Waals surface area contributed by atoms with Crippen LogP contribution in [0.15, 0.2) is 60.8 Å². The molecule has 0 fully saturated rings. The molecule has 3 aromatic carbocycles. The smallest absolute Gasteiger partial charge is 0.306 e. The van der Waals surface area contributed by atoms with E-state index < -0.39 is 11.6 Å². The van der Waals surface area contributed by atoms with E-state index in [2.05, 4.69) is 20.2 Å². The van der Waals surface area contributed by atoms with E-state index in [9.17, 15) is 13.6 Å². The zero-order valence-corrected chi connectivity index (χ0v) is 21.0. The monoisotopic (exact) mass is 516 g/mol. The first-order valence-electron chi connectivity index (χ1n) is 12.3. The van der Waals surface area contributed by atoms with Crippen LogP contribution in [0.1, 0.15) is 35.9 Å². The molecule has 2 aromatic heterocycles. The average Bonchev–Trinajstić information content (AvgIpc) is 3.56. The minimum absolute atomic E-state index is 0.0794. The molecule has 0 saturated heterocycles. The van der Waals surface area contributed by atoms with Crippen molar-refractivity contribution in [1.29, 1.82) is 0 Å². The Morgan fingerprint density at radius 3 is 2.68 bits per heavy atom. The molecule has 194 valence electrons. The fraction of sp³-hybridized carbons (Fsp3) is 0.207. The van der Waals surface area contributed by atoms with Crippen LogP contribution in [0, 0.1) is 18.6 Å². The quantitative estimate of drug-likeness (QED) is 0.221. The third kappa shape index (κ3) is 5.41. The standard InChI is InChI=1S/C29H26F2N4O3/c1-3-37-27(36)10-7-18-5-4-6-19(13-18)14-26-33-29(35-34-26)22-15-20(8-9-23(22)30)38-28-17(2)21-11-12-32-25(21)16-24(28)31/h4-6,8-9,11-13,15-16,32H,3,7,10,14H2,1-2H3,(H,33,34,35). The Kier molecular flexibility index (Phi) is 7.17. The summed E-state index contributed by atoms with van der Waals surface area (Å²) in [5.41, 5.74) is 3.44. The number of halogens is 2. The van der Waals surface area contributed by atoms with Crippen LogP contribution in [-0.4, -0.2) is 32.7 Å². The molecule has 5 aromatic rings. The molecule has 5 rings (SSSR count). The maximum atomic E-state index is 14.8. The van der Waals surface area contributed by atoms with Crippen LogP contribution in [0.4, 0.5) is 8.78 Å². The highest BCUT2D eigenvalue weighted by Crippen LogP contribution is 2.35. The van der Waals surface area contributed by atoms with Crippen molar-refractivity contribution in [3.63, 3.8) is 0 Å². The SMILES string of the molecule is CCOC(=O)CCc1cccc(Cc2nnc(-c3cc(Oc4c(F)cc5[nH]ccc5c4C)ccc3F)[nH]2)c1. The van der Waals surface area contributed by atoms with Gasteiger partial charge in [-0.3, -0.25) is 4.79 Å². The van der Waals surface area contributed by atoms with E-state index in [-0.39, 0.29) is 28.9 Å². The number of carbonyl (C=O) groups excluding carboxylic acids is 1. The van der Waals surface area contributed by atoms with Gasteiger partial charge in [-0.25, -0.2) is 8.78 Å². The Bertz CT molecular complexity index is 1610. The molecule has 38 heavy (non-hydrogen) atoms. The first-order chi connectivity index (χ1) is 18.4. The normalized spacial score (nSPS) is 11.2. The molecule has 0 amide bonds. The number of rotatable bonds is 9. The molecule has 7 nitrogen and oxygen atoms in total. The van der Waals surface area contributed by atoms with Gasteiger partial charge >= 0.3 is 5.97 Å². The summed E-state index contributed by atoms with van der Waals surface area (Å²) in [7, 11) is 0. The topological polar surface area (TPSA) is 92.9 Å². The van der Waals surface area contributed by atoms with Gasteiger partial charge in [-0.05, 0) is 55.7 Å². The van der Waals surface area contributed by atoms with E-state index in [1.165, 1.54) is 24.3 Å². The molecule has 0 bridgehead atoms. The molecule has 0 radical (unpaired) electrons. The van der Waals surface area contributed by atoms with Gasteiger partial charge in [0.15, 0.2) is 17.4 Å². The Balaban J connectivity index is 1.33. The first kappa shape index (κ1) is 25.1. The molecule has 9 heteroatoms. The number of ether oxygens (including phenoxy) is 2. The Morgan fingerprint density at radius 1 is 1.00 bits per heavy atom. The number of aryl methyl sites for hydroxylation is 2. The lowest BCUT2D eigenvalue weighted by Crippen LogP contribution is -2.05. The summed E-state index contributed by atoms with van der Waals surface area (Å²) in [5, 5.41) is 9.14. The fourth-order valence-corrected chi connectivity index (χ4v) is 4.38. The van der Waals surface area contributed by atoms with Crippen LogP contribution in [0.5, 0.6) is 11.5 Å². The molecular weight excluding hydrogens is 490 g/mol. The van der Waals surface area contributed by atoms with E-state index in [0.29, 0.717) is 42.8 Å². The number of hydrogen-bond donors (Lipinski definition) is 2. The summed E-state index contributed by atoms with van der Waals surface area (Å²) in [5.74, 6) is -0.128. The van der Waals surface area contributed by atoms with Crippen LogP contribution in [0.3, 0.4) is 0 Å². The van der Waals surface area contributed by atoms with Gasteiger partial charge in [0.25, 0.3) is 0 Å².